The first-order valence-electron chi connectivity index (χ1n) is 6.25. The number of amides is 1. The molecule has 0 fully saturated rings. The summed E-state index contributed by atoms with van der Waals surface area (Å²) >= 11 is 0. The normalized spacial score (nSPS) is 12.0. The van der Waals surface area contributed by atoms with Gasteiger partial charge in [-0.1, -0.05) is 26.8 Å². The van der Waals surface area contributed by atoms with E-state index in [-0.39, 0.29) is 11.9 Å². The molecule has 0 spiro atoms. The fourth-order valence-corrected chi connectivity index (χ4v) is 1.58. The van der Waals surface area contributed by atoms with Gasteiger partial charge in [0.1, 0.15) is 0 Å². The van der Waals surface area contributed by atoms with Crippen LogP contribution in [0.5, 0.6) is 0 Å². The van der Waals surface area contributed by atoms with Crippen molar-refractivity contribution in [3.05, 3.63) is 36.3 Å². The van der Waals surface area contributed by atoms with Crippen molar-refractivity contribution in [2.75, 3.05) is 5.32 Å². The minimum Gasteiger partial charge on any atom is -0.294 e. The number of nitrogens with zero attached hydrogens (tertiary/aromatic N) is 2. The lowest BCUT2D eigenvalue weighted by atomic mass is 9.96. The van der Waals surface area contributed by atoms with E-state index in [4.69, 9.17) is 0 Å². The Morgan fingerprint density at radius 3 is 2.75 bits per heavy atom. The van der Waals surface area contributed by atoms with Gasteiger partial charge in [0.25, 0.3) is 0 Å². The molecular weight excluding hydrogens is 257 g/mol. The van der Waals surface area contributed by atoms with E-state index in [1.54, 1.807) is 24.4 Å². The van der Waals surface area contributed by atoms with Gasteiger partial charge in [-0.3, -0.25) is 10.1 Å². The van der Waals surface area contributed by atoms with Crippen molar-refractivity contribution in [3.8, 4) is 0 Å². The van der Waals surface area contributed by atoms with Crippen molar-refractivity contribution in [1.82, 2.24) is 9.97 Å². The number of fused-ring (bicyclic) bond motifs is 1. The predicted octanol–water partition coefficient (Wildman–Crippen LogP) is 3.55. The second-order valence-corrected chi connectivity index (χ2v) is 5.51. The fraction of sp³-hybridized carbons (Fsp3) is 0.267. The zero-order chi connectivity index (χ0) is 14.8. The van der Waals surface area contributed by atoms with Crippen molar-refractivity contribution in [1.29, 1.82) is 0 Å². The van der Waals surface area contributed by atoms with Gasteiger partial charge < -0.3 is 0 Å². The van der Waals surface area contributed by atoms with Gasteiger partial charge >= 0.3 is 0 Å². The molecule has 0 saturated carbocycles. The van der Waals surface area contributed by atoms with E-state index in [1.807, 2.05) is 20.8 Å². The highest BCUT2D eigenvalue weighted by Gasteiger charge is 2.22. The second-order valence-electron chi connectivity index (χ2n) is 5.51. The highest BCUT2D eigenvalue weighted by atomic mass is 19.1. The monoisotopic (exact) mass is 273 g/mol. The lowest BCUT2D eigenvalue weighted by Gasteiger charge is -2.16. The SMILES string of the molecule is CC(C)(C)C(=O)Nc1ncc2cc(/C=C\F)ccc2n1. The minimum absolute atomic E-state index is 0.145. The van der Waals surface area contributed by atoms with Crippen molar-refractivity contribution in [2.24, 2.45) is 5.41 Å². The number of nitrogens with one attached hydrogen (secondary N) is 1. The molecule has 1 amide bonds. The van der Waals surface area contributed by atoms with Crippen LogP contribution < -0.4 is 5.32 Å². The zero-order valence-electron chi connectivity index (χ0n) is 11.6. The van der Waals surface area contributed by atoms with Crippen LogP contribution >= 0.6 is 0 Å². The molecule has 0 bridgehead atoms. The average molecular weight is 273 g/mol. The number of aromatic nitrogens is 2. The van der Waals surface area contributed by atoms with Gasteiger partial charge in [-0.15, -0.1) is 0 Å². The number of carbonyl (C=O) groups is 1. The summed E-state index contributed by atoms with van der Waals surface area (Å²) in [5.74, 6) is 0.125. The van der Waals surface area contributed by atoms with Gasteiger partial charge in [0, 0.05) is 17.0 Å². The Balaban J connectivity index is 2.30. The molecule has 1 aromatic carbocycles. The third-order valence-electron chi connectivity index (χ3n) is 2.77. The van der Waals surface area contributed by atoms with Crippen LogP contribution in [0.1, 0.15) is 26.3 Å². The Hall–Kier alpha value is -2.30. The van der Waals surface area contributed by atoms with Crippen LogP contribution in [0.2, 0.25) is 0 Å². The Bertz CT molecular complexity index is 674. The van der Waals surface area contributed by atoms with Gasteiger partial charge in [0.2, 0.25) is 11.9 Å². The number of carbonyl (C=O) groups excluding carboxylic acids is 1. The summed E-state index contributed by atoms with van der Waals surface area (Å²) in [5, 5.41) is 3.47. The highest BCUT2D eigenvalue weighted by molar-refractivity contribution is 5.93. The van der Waals surface area contributed by atoms with E-state index >= 15 is 0 Å². The molecule has 0 aliphatic heterocycles. The third kappa shape index (κ3) is 3.17. The topological polar surface area (TPSA) is 54.9 Å². The molecule has 0 saturated heterocycles. The first kappa shape index (κ1) is 14.1. The van der Waals surface area contributed by atoms with E-state index in [9.17, 15) is 9.18 Å². The predicted molar refractivity (Wildman–Crippen MR) is 77.8 cm³/mol. The summed E-state index contributed by atoms with van der Waals surface area (Å²) in [7, 11) is 0. The summed E-state index contributed by atoms with van der Waals surface area (Å²) in [6.07, 6.45) is 3.45. The number of anilines is 1. The summed E-state index contributed by atoms with van der Waals surface area (Å²) in [6.45, 7) is 5.46. The van der Waals surface area contributed by atoms with Gasteiger partial charge in [-0.05, 0) is 23.8 Å². The molecule has 4 nitrogen and oxygen atoms in total. The fourth-order valence-electron chi connectivity index (χ4n) is 1.58. The molecule has 0 atom stereocenters. The molecular formula is C15H16FN3O. The van der Waals surface area contributed by atoms with E-state index in [2.05, 4.69) is 15.3 Å². The number of halogens is 1. The Morgan fingerprint density at radius 2 is 2.10 bits per heavy atom. The van der Waals surface area contributed by atoms with Crippen molar-refractivity contribution in [2.45, 2.75) is 20.8 Å². The Morgan fingerprint density at radius 1 is 1.35 bits per heavy atom. The second kappa shape index (κ2) is 5.36. The largest absolute Gasteiger partial charge is 0.294 e. The van der Waals surface area contributed by atoms with Crippen LogP contribution in [0.15, 0.2) is 30.7 Å². The molecule has 1 aromatic heterocycles. The average Bonchev–Trinajstić information content (AvgIpc) is 2.38. The summed E-state index contributed by atoms with van der Waals surface area (Å²) in [6, 6.07) is 5.29. The maximum atomic E-state index is 12.1. The Kier molecular flexibility index (Phi) is 3.79. The maximum Gasteiger partial charge on any atom is 0.232 e. The van der Waals surface area contributed by atoms with Crippen LogP contribution in [0.3, 0.4) is 0 Å². The van der Waals surface area contributed by atoms with Crippen LogP contribution in [-0.4, -0.2) is 15.9 Å². The van der Waals surface area contributed by atoms with Gasteiger partial charge in [-0.25, -0.2) is 14.4 Å². The van der Waals surface area contributed by atoms with Gasteiger partial charge in [0.15, 0.2) is 0 Å². The molecule has 0 radical (unpaired) electrons. The first-order chi connectivity index (χ1) is 9.40. The maximum absolute atomic E-state index is 12.1. The number of benzene rings is 1. The van der Waals surface area contributed by atoms with Crippen molar-refractivity contribution < 1.29 is 9.18 Å². The first-order valence-corrected chi connectivity index (χ1v) is 6.25. The molecule has 2 aromatic rings. The van der Waals surface area contributed by atoms with Crippen LogP contribution in [0.4, 0.5) is 10.3 Å². The minimum atomic E-state index is -0.506. The van der Waals surface area contributed by atoms with Gasteiger partial charge in [-0.2, -0.15) is 0 Å². The van der Waals surface area contributed by atoms with E-state index in [0.717, 1.165) is 10.9 Å². The lowest BCUT2D eigenvalue weighted by Crippen LogP contribution is -2.28. The third-order valence-corrected chi connectivity index (χ3v) is 2.77. The molecule has 1 heterocycles. The van der Waals surface area contributed by atoms with Crippen LogP contribution in [0, 0.1) is 5.41 Å². The smallest absolute Gasteiger partial charge is 0.232 e. The van der Waals surface area contributed by atoms with E-state index in [1.165, 1.54) is 6.08 Å². The van der Waals surface area contributed by atoms with E-state index < -0.39 is 5.41 Å². The number of hydrogen-bond donors (Lipinski definition) is 1. The van der Waals surface area contributed by atoms with Crippen LogP contribution in [-0.2, 0) is 4.79 Å². The van der Waals surface area contributed by atoms with Crippen molar-refractivity contribution in [3.63, 3.8) is 0 Å². The van der Waals surface area contributed by atoms with Crippen molar-refractivity contribution >= 4 is 28.8 Å². The number of rotatable bonds is 2. The summed E-state index contributed by atoms with van der Waals surface area (Å²) in [5.41, 5.74) is 0.920. The molecule has 104 valence electrons. The molecule has 2 rings (SSSR count). The summed E-state index contributed by atoms with van der Waals surface area (Å²) in [4.78, 5) is 20.2. The molecule has 0 aliphatic carbocycles. The molecule has 5 heteroatoms. The molecule has 0 unspecified atom stereocenters. The number of hydrogen-bond acceptors (Lipinski definition) is 3. The highest BCUT2D eigenvalue weighted by Crippen LogP contribution is 2.18. The lowest BCUT2D eigenvalue weighted by molar-refractivity contribution is -0.123. The molecule has 1 N–H and O–H groups in total. The quantitative estimate of drug-likeness (QED) is 0.910. The Labute approximate surface area is 116 Å². The summed E-state index contributed by atoms with van der Waals surface area (Å²) < 4.78 is 12.1. The standard InChI is InChI=1S/C15H16FN3O/c1-15(2,3)13(20)19-14-17-9-11-8-10(6-7-16)4-5-12(11)18-14/h4-9H,1-3H3,(H,17,18,19,20)/b7-6-. The molecule has 0 aliphatic rings. The molecule has 20 heavy (non-hydrogen) atoms. The van der Waals surface area contributed by atoms with Gasteiger partial charge in [0.05, 0.1) is 11.8 Å². The van der Waals surface area contributed by atoms with Crippen LogP contribution in [0.25, 0.3) is 17.0 Å². The zero-order valence-corrected chi connectivity index (χ0v) is 11.6. The van der Waals surface area contributed by atoms with E-state index in [0.29, 0.717) is 11.8 Å².